The van der Waals surface area contributed by atoms with E-state index in [9.17, 15) is 0 Å². The molecular weight excluding hydrogens is 576 g/mol. The summed E-state index contributed by atoms with van der Waals surface area (Å²) in [6.45, 7) is 0. The molecule has 47 heavy (non-hydrogen) atoms. The van der Waals surface area contributed by atoms with Crippen LogP contribution in [0.3, 0.4) is 0 Å². The second kappa shape index (κ2) is 10.1. The molecular formula is C43H26N2O2. The van der Waals surface area contributed by atoms with Crippen LogP contribution < -0.4 is 4.90 Å². The molecule has 0 atom stereocenters. The summed E-state index contributed by atoms with van der Waals surface area (Å²) in [4.78, 5) is 6.93. The Morgan fingerprint density at radius 3 is 2.06 bits per heavy atom. The van der Waals surface area contributed by atoms with Crippen LogP contribution in [0.1, 0.15) is 0 Å². The van der Waals surface area contributed by atoms with Crippen molar-refractivity contribution in [3.8, 4) is 11.1 Å². The lowest BCUT2D eigenvalue weighted by Crippen LogP contribution is -2.10. The molecule has 7 aromatic carbocycles. The number of pyridine rings is 1. The van der Waals surface area contributed by atoms with E-state index >= 15 is 0 Å². The van der Waals surface area contributed by atoms with Crippen LogP contribution in [0.15, 0.2) is 167 Å². The van der Waals surface area contributed by atoms with Gasteiger partial charge in [-0.1, -0.05) is 84.9 Å². The molecule has 10 aromatic rings. The summed E-state index contributed by atoms with van der Waals surface area (Å²) in [6, 6.07) is 53.2. The predicted molar refractivity (Wildman–Crippen MR) is 194 cm³/mol. The van der Waals surface area contributed by atoms with Gasteiger partial charge >= 0.3 is 0 Å². The SMILES string of the molecule is c1ccc(-c2cccc(N(c3ccc4c(ccc5ccc6c7ncccc7oc6c54)c3)c3ccc4c(c3)oc3ccccc34)c2)cc1. The summed E-state index contributed by atoms with van der Waals surface area (Å²) in [5.41, 5.74) is 9.79. The zero-order valence-electron chi connectivity index (χ0n) is 25.2. The van der Waals surface area contributed by atoms with Gasteiger partial charge in [0.05, 0.1) is 0 Å². The summed E-state index contributed by atoms with van der Waals surface area (Å²) in [5, 5.41) is 7.77. The van der Waals surface area contributed by atoms with E-state index in [4.69, 9.17) is 8.83 Å². The molecule has 0 N–H and O–H groups in total. The fourth-order valence-corrected chi connectivity index (χ4v) is 7.08. The van der Waals surface area contributed by atoms with Gasteiger partial charge in [-0.15, -0.1) is 0 Å². The molecule has 0 aliphatic carbocycles. The zero-order chi connectivity index (χ0) is 30.9. The molecule has 4 heteroatoms. The minimum absolute atomic E-state index is 0.800. The van der Waals surface area contributed by atoms with E-state index in [2.05, 4.69) is 137 Å². The summed E-state index contributed by atoms with van der Waals surface area (Å²) >= 11 is 0. The molecule has 0 aliphatic rings. The molecule has 0 aliphatic heterocycles. The number of furan rings is 2. The lowest BCUT2D eigenvalue weighted by molar-refractivity contribution is 0.669. The fourth-order valence-electron chi connectivity index (χ4n) is 7.08. The Bertz CT molecular complexity index is 2810. The molecule has 10 rings (SSSR count). The normalized spacial score (nSPS) is 11.8. The molecule has 0 saturated heterocycles. The van der Waals surface area contributed by atoms with E-state index in [0.29, 0.717) is 0 Å². The molecule has 0 amide bonds. The minimum atomic E-state index is 0.800. The number of anilines is 3. The van der Waals surface area contributed by atoms with E-state index < -0.39 is 0 Å². The first-order valence-electron chi connectivity index (χ1n) is 15.8. The van der Waals surface area contributed by atoms with E-state index in [1.165, 1.54) is 5.56 Å². The van der Waals surface area contributed by atoms with Gasteiger partial charge in [-0.2, -0.15) is 0 Å². The Balaban J connectivity index is 1.20. The fraction of sp³-hybridized carbons (Fsp3) is 0. The van der Waals surface area contributed by atoms with E-state index in [0.717, 1.165) is 88.2 Å². The summed E-state index contributed by atoms with van der Waals surface area (Å²) in [6.07, 6.45) is 1.82. The molecule has 0 fully saturated rings. The average Bonchev–Trinajstić information content (AvgIpc) is 3.70. The number of para-hydroxylation sites is 1. The number of nitrogens with zero attached hydrogens (tertiary/aromatic N) is 2. The molecule has 0 unspecified atom stereocenters. The maximum absolute atomic E-state index is 6.43. The van der Waals surface area contributed by atoms with E-state index in [-0.39, 0.29) is 0 Å². The van der Waals surface area contributed by atoms with E-state index in [1.54, 1.807) is 0 Å². The molecule has 3 heterocycles. The van der Waals surface area contributed by atoms with Crippen LogP contribution in [0.5, 0.6) is 0 Å². The number of aromatic nitrogens is 1. The maximum Gasteiger partial charge on any atom is 0.153 e. The first kappa shape index (κ1) is 25.9. The van der Waals surface area contributed by atoms with Crippen LogP contribution in [-0.2, 0) is 0 Å². The highest BCUT2D eigenvalue weighted by Gasteiger charge is 2.18. The Morgan fingerprint density at radius 2 is 1.13 bits per heavy atom. The van der Waals surface area contributed by atoms with Crippen molar-refractivity contribution in [2.45, 2.75) is 0 Å². The zero-order valence-corrected chi connectivity index (χ0v) is 25.2. The van der Waals surface area contributed by atoms with Crippen LogP contribution in [-0.4, -0.2) is 4.98 Å². The van der Waals surface area contributed by atoms with Gasteiger partial charge in [0, 0.05) is 50.9 Å². The highest BCUT2D eigenvalue weighted by Crippen LogP contribution is 2.42. The second-order valence-electron chi connectivity index (χ2n) is 12.0. The topological polar surface area (TPSA) is 42.4 Å². The smallest absolute Gasteiger partial charge is 0.153 e. The number of hydrogen-bond acceptors (Lipinski definition) is 4. The van der Waals surface area contributed by atoms with Gasteiger partial charge < -0.3 is 13.7 Å². The maximum atomic E-state index is 6.43. The quantitative estimate of drug-likeness (QED) is 0.188. The number of hydrogen-bond donors (Lipinski definition) is 0. The van der Waals surface area contributed by atoms with Crippen LogP contribution in [0, 0.1) is 0 Å². The highest BCUT2D eigenvalue weighted by molar-refractivity contribution is 6.22. The third kappa shape index (κ3) is 4.05. The van der Waals surface area contributed by atoms with Crippen molar-refractivity contribution in [2.24, 2.45) is 0 Å². The first-order valence-corrected chi connectivity index (χ1v) is 15.8. The van der Waals surface area contributed by atoms with Crippen LogP contribution in [0.25, 0.3) is 76.7 Å². The third-order valence-corrected chi connectivity index (χ3v) is 9.26. The first-order chi connectivity index (χ1) is 23.3. The van der Waals surface area contributed by atoms with E-state index in [1.807, 2.05) is 30.5 Å². The van der Waals surface area contributed by atoms with Gasteiger partial charge in [0.25, 0.3) is 0 Å². The molecule has 0 radical (unpaired) electrons. The van der Waals surface area contributed by atoms with Crippen molar-refractivity contribution in [3.63, 3.8) is 0 Å². The predicted octanol–water partition coefficient (Wildman–Crippen LogP) is 12.3. The molecule has 220 valence electrons. The lowest BCUT2D eigenvalue weighted by Gasteiger charge is -2.26. The standard InChI is InChI=1S/C43H26N2O2/c1-2-8-27(9-3-1)29-10-6-11-31(24-29)45(33-19-22-36-35-12-4-5-13-38(35)46-40(36)26-33)32-18-21-34-30(25-32)16-15-28-17-20-37-42-39(14-7-23-44-42)47-43(37)41(28)34/h1-26H. The average molecular weight is 603 g/mol. The number of rotatable bonds is 4. The number of benzene rings is 7. The molecule has 0 bridgehead atoms. The van der Waals surface area contributed by atoms with Crippen molar-refractivity contribution < 1.29 is 8.83 Å². The minimum Gasteiger partial charge on any atom is -0.456 e. The van der Waals surface area contributed by atoms with Crippen LogP contribution in [0.4, 0.5) is 17.1 Å². The lowest BCUT2D eigenvalue weighted by atomic mass is 9.99. The van der Waals surface area contributed by atoms with Crippen molar-refractivity contribution >= 4 is 82.6 Å². The largest absolute Gasteiger partial charge is 0.456 e. The van der Waals surface area contributed by atoms with Crippen molar-refractivity contribution in [3.05, 3.63) is 158 Å². The molecule has 3 aromatic heterocycles. The Labute approximate surface area is 269 Å². The number of fused-ring (bicyclic) bond motifs is 10. The van der Waals surface area contributed by atoms with Gasteiger partial charge in [0.1, 0.15) is 22.3 Å². The van der Waals surface area contributed by atoms with Crippen molar-refractivity contribution in [1.29, 1.82) is 0 Å². The summed E-state index contributed by atoms with van der Waals surface area (Å²) < 4.78 is 12.8. The van der Waals surface area contributed by atoms with Gasteiger partial charge in [-0.3, -0.25) is 4.98 Å². The van der Waals surface area contributed by atoms with Crippen molar-refractivity contribution in [1.82, 2.24) is 4.98 Å². The van der Waals surface area contributed by atoms with Crippen LogP contribution in [0.2, 0.25) is 0 Å². The summed E-state index contributed by atoms with van der Waals surface area (Å²) in [5.74, 6) is 0. The van der Waals surface area contributed by atoms with Gasteiger partial charge in [-0.05, 0) is 87.9 Å². The van der Waals surface area contributed by atoms with Gasteiger partial charge in [0.2, 0.25) is 0 Å². The molecule has 0 spiro atoms. The van der Waals surface area contributed by atoms with Gasteiger partial charge in [-0.25, -0.2) is 0 Å². The monoisotopic (exact) mass is 602 g/mol. The highest BCUT2D eigenvalue weighted by atomic mass is 16.3. The molecule has 0 saturated carbocycles. The van der Waals surface area contributed by atoms with Crippen LogP contribution >= 0.6 is 0 Å². The summed E-state index contributed by atoms with van der Waals surface area (Å²) in [7, 11) is 0. The molecule has 4 nitrogen and oxygen atoms in total. The Hall–Kier alpha value is -6.39. The third-order valence-electron chi connectivity index (χ3n) is 9.26. The van der Waals surface area contributed by atoms with Gasteiger partial charge in [0.15, 0.2) is 5.58 Å². The Morgan fingerprint density at radius 1 is 0.426 bits per heavy atom. The Kier molecular flexibility index (Phi) is 5.54. The van der Waals surface area contributed by atoms with Crippen molar-refractivity contribution in [2.75, 3.05) is 4.90 Å². The second-order valence-corrected chi connectivity index (χ2v) is 12.0.